The normalized spacial score (nSPS) is 16.2. The van der Waals surface area contributed by atoms with Crippen LogP contribution < -0.4 is 5.32 Å². The summed E-state index contributed by atoms with van der Waals surface area (Å²) in [6.07, 6.45) is 5.98. The second kappa shape index (κ2) is 5.42. The number of hydrogen-bond acceptors (Lipinski definition) is 4. The molecule has 0 atom stereocenters. The summed E-state index contributed by atoms with van der Waals surface area (Å²) in [7, 11) is 0. The molecule has 4 aromatic heterocycles. The molecule has 6 heteroatoms. The van der Waals surface area contributed by atoms with Crippen molar-refractivity contribution in [1.29, 1.82) is 0 Å². The Morgan fingerprint density at radius 3 is 2.88 bits per heavy atom. The zero-order valence-corrected chi connectivity index (χ0v) is 13.2. The van der Waals surface area contributed by atoms with Crippen LogP contribution in [-0.2, 0) is 0 Å². The van der Waals surface area contributed by atoms with Gasteiger partial charge in [-0.05, 0) is 50.2 Å². The van der Waals surface area contributed by atoms with Crippen LogP contribution in [0.1, 0.15) is 24.5 Å². The maximum absolute atomic E-state index is 4.66. The highest BCUT2D eigenvalue weighted by Crippen LogP contribution is 2.31. The van der Waals surface area contributed by atoms with Gasteiger partial charge in [-0.1, -0.05) is 0 Å². The van der Waals surface area contributed by atoms with E-state index in [-0.39, 0.29) is 0 Å². The maximum Gasteiger partial charge on any atom is 0.137 e. The van der Waals surface area contributed by atoms with Crippen molar-refractivity contribution in [3.05, 3.63) is 42.4 Å². The third kappa shape index (κ3) is 2.18. The van der Waals surface area contributed by atoms with E-state index in [0.29, 0.717) is 5.92 Å². The Kier molecular flexibility index (Phi) is 3.09. The number of nitrogens with zero attached hydrogens (tertiary/aromatic N) is 3. The van der Waals surface area contributed by atoms with Gasteiger partial charge in [-0.3, -0.25) is 10.1 Å². The van der Waals surface area contributed by atoms with Crippen molar-refractivity contribution < 1.29 is 0 Å². The van der Waals surface area contributed by atoms with E-state index in [4.69, 9.17) is 0 Å². The van der Waals surface area contributed by atoms with E-state index in [0.717, 1.165) is 59.3 Å². The first-order chi connectivity index (χ1) is 11.9. The van der Waals surface area contributed by atoms with Crippen molar-refractivity contribution in [2.45, 2.75) is 18.8 Å². The van der Waals surface area contributed by atoms with Crippen molar-refractivity contribution in [2.75, 3.05) is 13.1 Å². The first-order valence-corrected chi connectivity index (χ1v) is 8.37. The quantitative estimate of drug-likeness (QED) is 0.531. The molecule has 1 aliphatic heterocycles. The first-order valence-electron chi connectivity index (χ1n) is 8.37. The summed E-state index contributed by atoms with van der Waals surface area (Å²) in [5.74, 6) is 0.530. The van der Waals surface area contributed by atoms with Gasteiger partial charge in [0.05, 0.1) is 17.4 Å². The molecule has 3 N–H and O–H groups in total. The molecule has 0 spiro atoms. The van der Waals surface area contributed by atoms with E-state index < -0.39 is 0 Å². The van der Waals surface area contributed by atoms with Gasteiger partial charge in [0.2, 0.25) is 0 Å². The molecule has 0 radical (unpaired) electrons. The molecule has 0 aromatic carbocycles. The van der Waals surface area contributed by atoms with E-state index in [1.54, 1.807) is 6.20 Å². The number of aromatic amines is 2. The molecule has 5 heterocycles. The molecule has 0 unspecified atom stereocenters. The standard InChI is InChI=1S/C18H18N6/c1-2-12-8-15(22-18(12)20-5-1)17-13-9-14(11-3-6-19-7-4-11)21-10-16(13)23-24-17/h1-2,5,8-11,19H,3-4,6-7H2,(H,20,22)(H,23,24). The van der Waals surface area contributed by atoms with Crippen LogP contribution in [0.25, 0.3) is 33.3 Å². The fourth-order valence-corrected chi connectivity index (χ4v) is 3.56. The molecule has 120 valence electrons. The summed E-state index contributed by atoms with van der Waals surface area (Å²) in [4.78, 5) is 12.4. The second-order valence-corrected chi connectivity index (χ2v) is 6.38. The predicted molar refractivity (Wildman–Crippen MR) is 93.8 cm³/mol. The number of aromatic nitrogens is 5. The van der Waals surface area contributed by atoms with Gasteiger partial charge in [0.1, 0.15) is 11.3 Å². The van der Waals surface area contributed by atoms with Gasteiger partial charge in [0.25, 0.3) is 0 Å². The maximum atomic E-state index is 4.66. The molecule has 0 bridgehead atoms. The largest absolute Gasteiger partial charge is 0.338 e. The Hall–Kier alpha value is -2.73. The third-order valence-electron chi connectivity index (χ3n) is 4.87. The summed E-state index contributed by atoms with van der Waals surface area (Å²) in [5.41, 5.74) is 4.93. The molecule has 1 saturated heterocycles. The average molecular weight is 318 g/mol. The Morgan fingerprint density at radius 1 is 1.08 bits per heavy atom. The van der Waals surface area contributed by atoms with Crippen molar-refractivity contribution >= 4 is 21.9 Å². The van der Waals surface area contributed by atoms with E-state index in [1.807, 2.05) is 12.3 Å². The van der Waals surface area contributed by atoms with Crippen LogP contribution in [0, 0.1) is 0 Å². The number of piperidine rings is 1. The summed E-state index contributed by atoms with van der Waals surface area (Å²) in [6, 6.07) is 8.30. The Balaban J connectivity index is 1.62. The average Bonchev–Trinajstić information content (AvgIpc) is 3.25. The third-order valence-corrected chi connectivity index (χ3v) is 4.87. The summed E-state index contributed by atoms with van der Waals surface area (Å²) >= 11 is 0. The highest BCUT2D eigenvalue weighted by Gasteiger charge is 2.19. The molecular weight excluding hydrogens is 300 g/mol. The molecule has 4 aromatic rings. The van der Waals surface area contributed by atoms with Crippen LogP contribution in [0.15, 0.2) is 36.7 Å². The lowest BCUT2D eigenvalue weighted by Crippen LogP contribution is -2.27. The van der Waals surface area contributed by atoms with E-state index in [1.165, 1.54) is 5.69 Å². The molecule has 24 heavy (non-hydrogen) atoms. The van der Waals surface area contributed by atoms with Crippen molar-refractivity contribution in [2.24, 2.45) is 0 Å². The molecule has 0 saturated carbocycles. The minimum atomic E-state index is 0.530. The van der Waals surface area contributed by atoms with Crippen LogP contribution in [0.5, 0.6) is 0 Å². The minimum absolute atomic E-state index is 0.530. The molecule has 0 aliphatic carbocycles. The highest BCUT2D eigenvalue weighted by atomic mass is 15.1. The van der Waals surface area contributed by atoms with Crippen LogP contribution in [-0.4, -0.2) is 38.2 Å². The molecule has 5 rings (SSSR count). The van der Waals surface area contributed by atoms with E-state index >= 15 is 0 Å². The monoisotopic (exact) mass is 318 g/mol. The van der Waals surface area contributed by atoms with Crippen molar-refractivity contribution in [3.8, 4) is 11.4 Å². The fourth-order valence-electron chi connectivity index (χ4n) is 3.56. The number of rotatable bonds is 2. The first kappa shape index (κ1) is 13.7. The van der Waals surface area contributed by atoms with Gasteiger partial charge in [0.15, 0.2) is 0 Å². The lowest BCUT2D eigenvalue weighted by molar-refractivity contribution is 0.453. The summed E-state index contributed by atoms with van der Waals surface area (Å²) in [5, 5.41) is 13.2. The van der Waals surface area contributed by atoms with Crippen LogP contribution in [0.4, 0.5) is 0 Å². The molecule has 1 fully saturated rings. The fraction of sp³-hybridized carbons (Fsp3) is 0.278. The van der Waals surface area contributed by atoms with Gasteiger partial charge >= 0.3 is 0 Å². The summed E-state index contributed by atoms with van der Waals surface area (Å²) < 4.78 is 0. The van der Waals surface area contributed by atoms with Crippen molar-refractivity contribution in [3.63, 3.8) is 0 Å². The summed E-state index contributed by atoms with van der Waals surface area (Å²) in [6.45, 7) is 2.13. The van der Waals surface area contributed by atoms with Gasteiger partial charge in [0, 0.05) is 28.6 Å². The molecule has 0 amide bonds. The van der Waals surface area contributed by atoms with Gasteiger partial charge < -0.3 is 10.3 Å². The Labute approximate surface area is 138 Å². The molecule has 1 aliphatic rings. The molecule has 6 nitrogen and oxygen atoms in total. The second-order valence-electron chi connectivity index (χ2n) is 6.38. The Morgan fingerprint density at radius 2 is 2.00 bits per heavy atom. The zero-order valence-electron chi connectivity index (χ0n) is 13.2. The minimum Gasteiger partial charge on any atom is -0.338 e. The van der Waals surface area contributed by atoms with Crippen LogP contribution in [0.3, 0.4) is 0 Å². The Bertz CT molecular complexity index is 976. The number of nitrogens with one attached hydrogen (secondary N) is 3. The van der Waals surface area contributed by atoms with Crippen LogP contribution >= 0.6 is 0 Å². The van der Waals surface area contributed by atoms with Gasteiger partial charge in [-0.25, -0.2) is 4.98 Å². The topological polar surface area (TPSA) is 82.3 Å². The molecular formula is C18H18N6. The number of H-pyrrole nitrogens is 2. The lowest BCUT2D eigenvalue weighted by atomic mass is 9.93. The van der Waals surface area contributed by atoms with Crippen LogP contribution in [0.2, 0.25) is 0 Å². The number of pyridine rings is 2. The smallest absolute Gasteiger partial charge is 0.137 e. The number of fused-ring (bicyclic) bond motifs is 2. The highest BCUT2D eigenvalue weighted by molar-refractivity contribution is 5.94. The van der Waals surface area contributed by atoms with E-state index in [2.05, 4.69) is 48.7 Å². The van der Waals surface area contributed by atoms with Crippen molar-refractivity contribution in [1.82, 2.24) is 30.5 Å². The lowest BCUT2D eigenvalue weighted by Gasteiger charge is -2.22. The van der Waals surface area contributed by atoms with Gasteiger partial charge in [-0.15, -0.1) is 0 Å². The van der Waals surface area contributed by atoms with E-state index in [9.17, 15) is 0 Å². The number of hydrogen-bond donors (Lipinski definition) is 3. The van der Waals surface area contributed by atoms with Gasteiger partial charge in [-0.2, -0.15) is 5.10 Å². The SMILES string of the molecule is c1cnc2[nH]c(-c3n[nH]c4cnc(C5CCNCC5)cc34)cc2c1. The predicted octanol–water partition coefficient (Wildman–Crippen LogP) is 2.97. The zero-order chi connectivity index (χ0) is 15.9.